The first-order valence-electron chi connectivity index (χ1n) is 9.71. The number of likely N-dealkylation sites (tertiary alicyclic amines) is 1. The highest BCUT2D eigenvalue weighted by atomic mass is 32.2. The molecule has 0 N–H and O–H groups in total. The van der Waals surface area contributed by atoms with Crippen molar-refractivity contribution in [3.8, 4) is 0 Å². The molecular formula is C20H27N3O4S. The fraction of sp³-hybridized carbons (Fsp3) is 0.550. The molecule has 0 spiro atoms. The standard InChI is InChI=1S/C20H27N3O4S/c1-15(2)13-28(26,27)16-7-10-22(11-8-16)19(24)9-12-23-14-21-18-6-4-3-5-17(18)20(23)25/h3-6,14-16H,7-13H2,1-2H3. The highest BCUT2D eigenvalue weighted by molar-refractivity contribution is 7.92. The molecule has 1 amide bonds. The third-order valence-electron chi connectivity index (χ3n) is 5.17. The molecule has 8 heteroatoms. The molecule has 7 nitrogen and oxygen atoms in total. The number of carbonyl (C=O) groups excluding carboxylic acids is 1. The number of para-hydroxylation sites is 1. The lowest BCUT2D eigenvalue weighted by Gasteiger charge is -2.32. The van der Waals surface area contributed by atoms with Crippen molar-refractivity contribution >= 4 is 26.6 Å². The maximum atomic E-state index is 12.5. The number of sulfone groups is 1. The van der Waals surface area contributed by atoms with Gasteiger partial charge in [0, 0.05) is 26.1 Å². The lowest BCUT2D eigenvalue weighted by Crippen LogP contribution is -2.43. The van der Waals surface area contributed by atoms with E-state index >= 15 is 0 Å². The Morgan fingerprint density at radius 1 is 1.21 bits per heavy atom. The van der Waals surface area contributed by atoms with E-state index in [0.29, 0.717) is 36.8 Å². The molecule has 2 heterocycles. The minimum absolute atomic E-state index is 0.0558. The Kier molecular flexibility index (Phi) is 6.17. The lowest BCUT2D eigenvalue weighted by atomic mass is 10.1. The predicted molar refractivity (Wildman–Crippen MR) is 109 cm³/mol. The van der Waals surface area contributed by atoms with Crippen molar-refractivity contribution in [1.82, 2.24) is 14.5 Å². The fourth-order valence-corrected chi connectivity index (χ4v) is 5.84. The molecule has 0 aliphatic carbocycles. The number of fused-ring (bicyclic) bond motifs is 1. The lowest BCUT2D eigenvalue weighted by molar-refractivity contribution is -0.132. The van der Waals surface area contributed by atoms with Crippen LogP contribution in [0.2, 0.25) is 0 Å². The zero-order chi connectivity index (χ0) is 20.3. The molecule has 0 saturated carbocycles. The Hall–Kier alpha value is -2.22. The number of aryl methyl sites for hydroxylation is 1. The Labute approximate surface area is 165 Å². The number of hydrogen-bond donors (Lipinski definition) is 0. The van der Waals surface area contributed by atoms with Gasteiger partial charge in [0.2, 0.25) is 5.91 Å². The second-order valence-corrected chi connectivity index (χ2v) is 10.1. The number of nitrogens with zero attached hydrogens (tertiary/aromatic N) is 3. The van der Waals surface area contributed by atoms with Crippen molar-refractivity contribution in [3.05, 3.63) is 40.9 Å². The Morgan fingerprint density at radius 2 is 1.89 bits per heavy atom. The second kappa shape index (κ2) is 8.43. The summed E-state index contributed by atoms with van der Waals surface area (Å²) in [5.41, 5.74) is 0.483. The number of piperidine rings is 1. The van der Waals surface area contributed by atoms with Gasteiger partial charge in [-0.15, -0.1) is 0 Å². The number of rotatable bonds is 6. The molecule has 0 atom stereocenters. The van der Waals surface area contributed by atoms with Crippen LogP contribution in [-0.2, 0) is 21.2 Å². The molecular weight excluding hydrogens is 378 g/mol. The van der Waals surface area contributed by atoms with Gasteiger partial charge in [-0.05, 0) is 30.9 Å². The molecule has 3 rings (SSSR count). The predicted octanol–water partition coefficient (Wildman–Crippen LogP) is 1.85. The summed E-state index contributed by atoms with van der Waals surface area (Å²) in [5, 5.41) is 0.180. The zero-order valence-electron chi connectivity index (χ0n) is 16.4. The summed E-state index contributed by atoms with van der Waals surface area (Å²) < 4.78 is 26.2. The number of benzene rings is 1. The van der Waals surface area contributed by atoms with E-state index in [2.05, 4.69) is 4.98 Å². The van der Waals surface area contributed by atoms with Crippen LogP contribution in [0.4, 0.5) is 0 Å². The quantitative estimate of drug-likeness (QED) is 0.732. The number of carbonyl (C=O) groups is 1. The molecule has 1 aliphatic heterocycles. The summed E-state index contributed by atoms with van der Waals surface area (Å²) in [6.07, 6.45) is 2.64. The van der Waals surface area contributed by atoms with Crippen molar-refractivity contribution < 1.29 is 13.2 Å². The average molecular weight is 406 g/mol. The molecule has 1 fully saturated rings. The Morgan fingerprint density at radius 3 is 2.57 bits per heavy atom. The SMILES string of the molecule is CC(C)CS(=O)(=O)C1CCN(C(=O)CCn2cnc3ccccc3c2=O)CC1. The van der Waals surface area contributed by atoms with Gasteiger partial charge in [-0.25, -0.2) is 13.4 Å². The number of aromatic nitrogens is 2. The van der Waals surface area contributed by atoms with Gasteiger partial charge in [0.15, 0.2) is 9.84 Å². The van der Waals surface area contributed by atoms with Gasteiger partial charge in [-0.1, -0.05) is 26.0 Å². The Balaban J connectivity index is 1.57. The van der Waals surface area contributed by atoms with E-state index in [1.807, 2.05) is 19.9 Å². The molecule has 1 saturated heterocycles. The van der Waals surface area contributed by atoms with Crippen molar-refractivity contribution in [2.45, 2.75) is 44.9 Å². The molecule has 152 valence electrons. The van der Waals surface area contributed by atoms with Crippen LogP contribution in [0.15, 0.2) is 35.4 Å². The molecule has 0 bridgehead atoms. The third-order valence-corrected chi connectivity index (χ3v) is 7.78. The van der Waals surface area contributed by atoms with E-state index < -0.39 is 9.84 Å². The summed E-state index contributed by atoms with van der Waals surface area (Å²) >= 11 is 0. The maximum Gasteiger partial charge on any atom is 0.261 e. The normalized spacial score (nSPS) is 16.0. The van der Waals surface area contributed by atoms with Crippen LogP contribution in [0, 0.1) is 5.92 Å². The third kappa shape index (κ3) is 4.60. The molecule has 1 aromatic carbocycles. The first kappa shape index (κ1) is 20.5. The van der Waals surface area contributed by atoms with E-state index in [0.717, 1.165) is 0 Å². The van der Waals surface area contributed by atoms with Crippen LogP contribution in [0.5, 0.6) is 0 Å². The minimum atomic E-state index is -3.11. The van der Waals surface area contributed by atoms with Crippen LogP contribution < -0.4 is 5.56 Å². The van der Waals surface area contributed by atoms with Crippen LogP contribution in [0.25, 0.3) is 10.9 Å². The number of hydrogen-bond acceptors (Lipinski definition) is 5. The first-order chi connectivity index (χ1) is 13.3. The van der Waals surface area contributed by atoms with E-state index in [4.69, 9.17) is 0 Å². The van der Waals surface area contributed by atoms with E-state index in [1.165, 1.54) is 10.9 Å². The van der Waals surface area contributed by atoms with Gasteiger partial charge in [-0.3, -0.25) is 14.2 Å². The van der Waals surface area contributed by atoms with Crippen LogP contribution >= 0.6 is 0 Å². The summed E-state index contributed by atoms with van der Waals surface area (Å²) in [7, 11) is -3.11. The molecule has 28 heavy (non-hydrogen) atoms. The van der Waals surface area contributed by atoms with Gasteiger partial charge in [0.05, 0.1) is 28.2 Å². The number of amides is 1. The topological polar surface area (TPSA) is 89.3 Å². The first-order valence-corrected chi connectivity index (χ1v) is 11.4. The monoisotopic (exact) mass is 405 g/mol. The highest BCUT2D eigenvalue weighted by Gasteiger charge is 2.31. The summed E-state index contributed by atoms with van der Waals surface area (Å²) in [4.78, 5) is 31.0. The summed E-state index contributed by atoms with van der Waals surface area (Å²) in [6, 6.07) is 7.13. The van der Waals surface area contributed by atoms with E-state index in [-0.39, 0.29) is 41.4 Å². The molecule has 1 aliphatic rings. The maximum absolute atomic E-state index is 12.5. The van der Waals surface area contributed by atoms with Gasteiger partial charge >= 0.3 is 0 Å². The van der Waals surface area contributed by atoms with Gasteiger partial charge in [0.1, 0.15) is 0 Å². The smallest absolute Gasteiger partial charge is 0.261 e. The van der Waals surface area contributed by atoms with Crippen molar-refractivity contribution in [1.29, 1.82) is 0 Å². The molecule has 0 radical (unpaired) electrons. The fourth-order valence-electron chi connectivity index (χ4n) is 3.70. The van der Waals surface area contributed by atoms with Gasteiger partial charge < -0.3 is 4.90 Å². The van der Waals surface area contributed by atoms with Crippen molar-refractivity contribution in [3.63, 3.8) is 0 Å². The molecule has 1 aromatic heterocycles. The van der Waals surface area contributed by atoms with E-state index in [9.17, 15) is 18.0 Å². The zero-order valence-corrected chi connectivity index (χ0v) is 17.2. The molecule has 2 aromatic rings. The summed E-state index contributed by atoms with van der Waals surface area (Å²) in [5.74, 6) is 0.252. The second-order valence-electron chi connectivity index (χ2n) is 7.81. The largest absolute Gasteiger partial charge is 0.343 e. The Bertz CT molecular complexity index is 1010. The van der Waals surface area contributed by atoms with E-state index in [1.54, 1.807) is 23.1 Å². The van der Waals surface area contributed by atoms with Crippen molar-refractivity contribution in [2.24, 2.45) is 5.92 Å². The average Bonchev–Trinajstić information content (AvgIpc) is 2.66. The van der Waals surface area contributed by atoms with Crippen molar-refractivity contribution in [2.75, 3.05) is 18.8 Å². The minimum Gasteiger partial charge on any atom is -0.343 e. The van der Waals surface area contributed by atoms with Crippen LogP contribution in [0.1, 0.15) is 33.1 Å². The van der Waals surface area contributed by atoms with Gasteiger partial charge in [0.25, 0.3) is 5.56 Å². The molecule has 0 unspecified atom stereocenters. The summed E-state index contributed by atoms with van der Waals surface area (Å²) in [6.45, 7) is 4.97. The highest BCUT2D eigenvalue weighted by Crippen LogP contribution is 2.21. The van der Waals surface area contributed by atoms with Crippen LogP contribution in [-0.4, -0.2) is 52.9 Å². The van der Waals surface area contributed by atoms with Crippen LogP contribution in [0.3, 0.4) is 0 Å². The van der Waals surface area contributed by atoms with Gasteiger partial charge in [-0.2, -0.15) is 0 Å².